The van der Waals surface area contributed by atoms with Crippen LogP contribution in [0.1, 0.15) is 61.9 Å². The average molecular weight is 629 g/mol. The van der Waals surface area contributed by atoms with Crippen LogP contribution in [0, 0.1) is 0 Å². The van der Waals surface area contributed by atoms with Crippen molar-refractivity contribution < 1.29 is 9.47 Å². The van der Waals surface area contributed by atoms with Crippen molar-refractivity contribution in [3.63, 3.8) is 0 Å². The summed E-state index contributed by atoms with van der Waals surface area (Å²) in [5.74, 6) is 2.03. The van der Waals surface area contributed by atoms with E-state index in [1.807, 2.05) is 43.3 Å². The Hall–Kier alpha value is -2.87. The molecule has 0 bridgehead atoms. The zero-order valence-corrected chi connectivity index (χ0v) is 24.6. The number of halogens is 3. The molecule has 202 valence electrons. The Balaban J connectivity index is 1.49. The molecular formula is C30H28BrCl2N3O3. The fourth-order valence-corrected chi connectivity index (χ4v) is 5.71. The van der Waals surface area contributed by atoms with E-state index in [0.717, 1.165) is 47.1 Å². The van der Waals surface area contributed by atoms with Gasteiger partial charge in [-0.1, -0.05) is 60.7 Å². The Morgan fingerprint density at radius 1 is 1.05 bits per heavy atom. The summed E-state index contributed by atoms with van der Waals surface area (Å²) < 4.78 is 14.2. The molecule has 1 aromatic heterocycles. The molecule has 0 atom stereocenters. The van der Waals surface area contributed by atoms with Gasteiger partial charge >= 0.3 is 0 Å². The fraction of sp³-hybridized carbons (Fsp3) is 0.300. The molecule has 1 aliphatic rings. The third-order valence-electron chi connectivity index (χ3n) is 6.82. The molecule has 0 spiro atoms. The number of ether oxygens (including phenoxy) is 2. The standard InChI is InChI=1S/C30H28BrCl2N3O3/c1-2-38-27-14-21(24(31)16-28(27)39-18-20-12-13-22(32)15-25(20)33)17-34-36-29(19-8-4-3-5-9-19)35-26-11-7-6-10-23(26)30(36)37/h6-7,10-17,19H,2-5,8-9,18H2,1H3. The van der Waals surface area contributed by atoms with Crippen molar-refractivity contribution in [3.8, 4) is 11.5 Å². The first-order valence-corrected chi connectivity index (χ1v) is 14.6. The zero-order valence-electron chi connectivity index (χ0n) is 21.5. The molecule has 0 radical (unpaired) electrons. The maximum absolute atomic E-state index is 13.5. The Labute approximate surface area is 245 Å². The van der Waals surface area contributed by atoms with Crippen molar-refractivity contribution in [1.29, 1.82) is 0 Å². The minimum atomic E-state index is -0.168. The molecule has 1 fully saturated rings. The van der Waals surface area contributed by atoms with Crippen LogP contribution >= 0.6 is 39.1 Å². The summed E-state index contributed by atoms with van der Waals surface area (Å²) in [6, 6.07) is 16.4. The van der Waals surface area contributed by atoms with E-state index in [0.29, 0.717) is 39.1 Å². The predicted molar refractivity (Wildman–Crippen MR) is 161 cm³/mol. The van der Waals surface area contributed by atoms with E-state index in [9.17, 15) is 4.79 Å². The van der Waals surface area contributed by atoms with Crippen LogP contribution in [0.2, 0.25) is 10.0 Å². The number of rotatable bonds is 8. The summed E-state index contributed by atoms with van der Waals surface area (Å²) in [7, 11) is 0. The lowest BCUT2D eigenvalue weighted by molar-refractivity contribution is 0.269. The van der Waals surface area contributed by atoms with Gasteiger partial charge in [-0.25, -0.2) is 4.98 Å². The number of nitrogens with zero attached hydrogens (tertiary/aromatic N) is 3. The van der Waals surface area contributed by atoms with Crippen LogP contribution in [0.25, 0.3) is 10.9 Å². The van der Waals surface area contributed by atoms with E-state index >= 15 is 0 Å². The number of benzene rings is 3. The lowest BCUT2D eigenvalue weighted by atomic mass is 9.88. The van der Waals surface area contributed by atoms with Gasteiger partial charge in [0.2, 0.25) is 0 Å². The molecule has 1 aliphatic carbocycles. The van der Waals surface area contributed by atoms with Gasteiger partial charge in [0.05, 0.1) is 23.7 Å². The number of para-hydroxylation sites is 1. The molecule has 0 amide bonds. The average Bonchev–Trinajstić information content (AvgIpc) is 2.94. The van der Waals surface area contributed by atoms with Crippen LogP contribution in [0.4, 0.5) is 0 Å². The zero-order chi connectivity index (χ0) is 27.4. The van der Waals surface area contributed by atoms with Gasteiger partial charge in [0.1, 0.15) is 12.4 Å². The Morgan fingerprint density at radius 3 is 2.59 bits per heavy atom. The Morgan fingerprint density at radius 2 is 1.82 bits per heavy atom. The molecule has 1 heterocycles. The quantitative estimate of drug-likeness (QED) is 0.184. The first-order chi connectivity index (χ1) is 18.9. The Kier molecular flexibility index (Phi) is 8.90. The van der Waals surface area contributed by atoms with E-state index < -0.39 is 0 Å². The van der Waals surface area contributed by atoms with Crippen molar-refractivity contribution in [3.05, 3.63) is 96.4 Å². The lowest BCUT2D eigenvalue weighted by Crippen LogP contribution is -2.25. The van der Waals surface area contributed by atoms with Gasteiger partial charge in [-0.2, -0.15) is 9.78 Å². The number of hydrogen-bond acceptors (Lipinski definition) is 5. The molecular weight excluding hydrogens is 601 g/mol. The first kappa shape index (κ1) is 27.7. The van der Waals surface area contributed by atoms with Crippen molar-refractivity contribution in [2.75, 3.05) is 6.61 Å². The summed E-state index contributed by atoms with van der Waals surface area (Å²) in [5.41, 5.74) is 2.09. The van der Waals surface area contributed by atoms with Crippen LogP contribution in [0.5, 0.6) is 11.5 Å². The van der Waals surface area contributed by atoms with Crippen molar-refractivity contribution in [1.82, 2.24) is 9.66 Å². The summed E-state index contributed by atoms with van der Waals surface area (Å²) in [6.45, 7) is 2.61. The molecule has 0 saturated heterocycles. The third-order valence-corrected chi connectivity index (χ3v) is 8.10. The van der Waals surface area contributed by atoms with Crippen LogP contribution in [0.15, 0.2) is 69.0 Å². The normalized spacial score (nSPS) is 14.3. The van der Waals surface area contributed by atoms with Gasteiger partial charge in [0, 0.05) is 31.6 Å². The van der Waals surface area contributed by atoms with Gasteiger partial charge in [0.15, 0.2) is 11.5 Å². The molecule has 0 unspecified atom stereocenters. The smallest absolute Gasteiger partial charge is 0.282 e. The summed E-state index contributed by atoms with van der Waals surface area (Å²) in [6.07, 6.45) is 7.14. The highest BCUT2D eigenvalue weighted by Crippen LogP contribution is 2.35. The Bertz CT molecular complexity index is 1580. The van der Waals surface area contributed by atoms with Crippen LogP contribution in [0.3, 0.4) is 0 Å². The van der Waals surface area contributed by atoms with Crippen LogP contribution < -0.4 is 15.0 Å². The number of fused-ring (bicyclic) bond motifs is 1. The molecule has 5 rings (SSSR count). The molecule has 4 aromatic rings. The minimum Gasteiger partial charge on any atom is -0.490 e. The summed E-state index contributed by atoms with van der Waals surface area (Å²) in [4.78, 5) is 18.4. The second-order valence-electron chi connectivity index (χ2n) is 9.46. The topological polar surface area (TPSA) is 65.7 Å². The molecule has 9 heteroatoms. The molecule has 1 saturated carbocycles. The largest absolute Gasteiger partial charge is 0.490 e. The van der Waals surface area contributed by atoms with Crippen molar-refractivity contribution >= 4 is 56.2 Å². The molecule has 39 heavy (non-hydrogen) atoms. The SMILES string of the molecule is CCOc1cc(C=Nn2c(C3CCCCC3)nc3ccccc3c2=O)c(Br)cc1OCc1ccc(Cl)cc1Cl. The number of hydrogen-bond donors (Lipinski definition) is 0. The van der Waals surface area contributed by atoms with Crippen LogP contribution in [-0.2, 0) is 6.61 Å². The van der Waals surface area contributed by atoms with Gasteiger partial charge in [0.25, 0.3) is 5.56 Å². The first-order valence-electron chi connectivity index (χ1n) is 13.0. The van der Waals surface area contributed by atoms with E-state index in [1.54, 1.807) is 24.4 Å². The maximum atomic E-state index is 13.5. The van der Waals surface area contributed by atoms with Crippen molar-refractivity contribution in [2.45, 2.75) is 51.6 Å². The van der Waals surface area contributed by atoms with E-state index in [-0.39, 0.29) is 18.1 Å². The third kappa shape index (κ3) is 6.32. The maximum Gasteiger partial charge on any atom is 0.282 e. The van der Waals surface area contributed by atoms with Gasteiger partial charge in [-0.05, 0) is 72.1 Å². The minimum absolute atomic E-state index is 0.168. The molecule has 0 N–H and O–H groups in total. The lowest BCUT2D eigenvalue weighted by Gasteiger charge is -2.22. The monoisotopic (exact) mass is 627 g/mol. The van der Waals surface area contributed by atoms with E-state index in [2.05, 4.69) is 21.0 Å². The van der Waals surface area contributed by atoms with Gasteiger partial charge in [-0.15, -0.1) is 0 Å². The van der Waals surface area contributed by atoms with E-state index in [4.69, 9.17) is 37.7 Å². The number of aromatic nitrogens is 2. The second kappa shape index (κ2) is 12.5. The summed E-state index contributed by atoms with van der Waals surface area (Å²) in [5, 5.41) is 6.32. The summed E-state index contributed by atoms with van der Waals surface area (Å²) >= 11 is 16.0. The predicted octanol–water partition coefficient (Wildman–Crippen LogP) is 8.37. The highest BCUT2D eigenvalue weighted by molar-refractivity contribution is 9.10. The second-order valence-corrected chi connectivity index (χ2v) is 11.2. The fourth-order valence-electron chi connectivity index (χ4n) is 4.82. The molecule has 6 nitrogen and oxygen atoms in total. The van der Waals surface area contributed by atoms with Crippen molar-refractivity contribution in [2.24, 2.45) is 5.10 Å². The molecule has 0 aliphatic heterocycles. The van der Waals surface area contributed by atoms with Crippen LogP contribution in [-0.4, -0.2) is 22.5 Å². The van der Waals surface area contributed by atoms with Gasteiger partial charge < -0.3 is 9.47 Å². The van der Waals surface area contributed by atoms with Gasteiger partial charge in [-0.3, -0.25) is 4.79 Å². The van der Waals surface area contributed by atoms with E-state index in [1.165, 1.54) is 11.1 Å². The highest BCUT2D eigenvalue weighted by Gasteiger charge is 2.22. The molecule has 3 aromatic carbocycles. The highest BCUT2D eigenvalue weighted by atomic mass is 79.9.